The molecule has 0 saturated heterocycles. The Balaban J connectivity index is 1.79. The van der Waals surface area contributed by atoms with Crippen LogP contribution in [0.2, 0.25) is 0 Å². The van der Waals surface area contributed by atoms with Crippen molar-refractivity contribution in [2.45, 2.75) is 12.8 Å². The number of ketones is 1. The molecule has 0 unspecified atom stereocenters. The standard InChI is InChI=1S/C22H18N2O4/c25-19(20-12-7-15-28-20)14-13-18-21(26)23(16-8-3-1-4-9-16)24(22(18)27)17-10-5-2-6-11-17/h1-12,15,26H,13-14H2. The third-order valence-electron chi connectivity index (χ3n) is 4.52. The molecule has 4 rings (SSSR count). The molecule has 140 valence electrons. The number of hydrogen-bond acceptors (Lipinski definition) is 4. The van der Waals surface area contributed by atoms with E-state index in [1.54, 1.807) is 36.4 Å². The van der Waals surface area contributed by atoms with Gasteiger partial charge >= 0.3 is 0 Å². The molecule has 0 atom stereocenters. The highest BCUT2D eigenvalue weighted by Crippen LogP contribution is 2.24. The number of aromatic nitrogens is 2. The van der Waals surface area contributed by atoms with Crippen molar-refractivity contribution in [1.29, 1.82) is 0 Å². The van der Waals surface area contributed by atoms with E-state index in [0.717, 1.165) is 0 Å². The number of para-hydroxylation sites is 2. The first kappa shape index (κ1) is 17.6. The quantitative estimate of drug-likeness (QED) is 0.522. The Labute approximate surface area is 160 Å². The smallest absolute Gasteiger partial charge is 0.278 e. The molecule has 4 aromatic rings. The van der Waals surface area contributed by atoms with E-state index in [0.29, 0.717) is 11.4 Å². The molecule has 0 radical (unpaired) electrons. The van der Waals surface area contributed by atoms with Crippen LogP contribution >= 0.6 is 0 Å². The van der Waals surface area contributed by atoms with Gasteiger partial charge in [0.2, 0.25) is 5.88 Å². The van der Waals surface area contributed by atoms with Crippen molar-refractivity contribution in [2.24, 2.45) is 0 Å². The second-order valence-electron chi connectivity index (χ2n) is 6.30. The van der Waals surface area contributed by atoms with Crippen LogP contribution in [-0.4, -0.2) is 20.3 Å². The fourth-order valence-electron chi connectivity index (χ4n) is 3.16. The zero-order valence-corrected chi connectivity index (χ0v) is 15.0. The minimum atomic E-state index is -0.361. The number of nitrogens with zero attached hydrogens (tertiary/aromatic N) is 2. The predicted molar refractivity (Wildman–Crippen MR) is 104 cm³/mol. The first-order valence-corrected chi connectivity index (χ1v) is 8.90. The Morgan fingerprint density at radius 1 is 0.857 bits per heavy atom. The first-order chi connectivity index (χ1) is 13.7. The molecule has 2 aromatic heterocycles. The fraction of sp³-hybridized carbons (Fsp3) is 0.0909. The lowest BCUT2D eigenvalue weighted by molar-refractivity contribution is 0.0956. The number of Topliss-reactive ketones (excluding diaryl/α,β-unsaturated/α-hetero) is 1. The largest absolute Gasteiger partial charge is 0.493 e. The number of carbonyl (C=O) groups excluding carboxylic acids is 1. The van der Waals surface area contributed by atoms with Gasteiger partial charge in [0.25, 0.3) is 5.56 Å². The lowest BCUT2D eigenvalue weighted by atomic mass is 10.1. The average Bonchev–Trinajstić information content (AvgIpc) is 3.35. The van der Waals surface area contributed by atoms with Gasteiger partial charge in [-0.1, -0.05) is 36.4 Å². The van der Waals surface area contributed by atoms with E-state index < -0.39 is 0 Å². The number of rotatable bonds is 6. The Hall–Kier alpha value is -3.80. The van der Waals surface area contributed by atoms with Crippen molar-refractivity contribution in [3.8, 4) is 17.3 Å². The maximum Gasteiger partial charge on any atom is 0.278 e. The second kappa shape index (κ2) is 7.44. The summed E-state index contributed by atoms with van der Waals surface area (Å²) in [5, 5.41) is 10.9. The van der Waals surface area contributed by atoms with E-state index in [1.165, 1.54) is 15.6 Å². The minimum Gasteiger partial charge on any atom is -0.493 e. The Kier molecular flexibility index (Phi) is 4.68. The third-order valence-corrected chi connectivity index (χ3v) is 4.52. The summed E-state index contributed by atoms with van der Waals surface area (Å²) >= 11 is 0. The molecule has 0 amide bonds. The third kappa shape index (κ3) is 3.16. The van der Waals surface area contributed by atoms with Crippen molar-refractivity contribution in [1.82, 2.24) is 9.36 Å². The van der Waals surface area contributed by atoms with Crippen LogP contribution in [0, 0.1) is 0 Å². The zero-order valence-electron chi connectivity index (χ0n) is 15.0. The number of hydrogen-bond donors (Lipinski definition) is 1. The summed E-state index contributed by atoms with van der Waals surface area (Å²) in [6.45, 7) is 0. The van der Waals surface area contributed by atoms with Gasteiger partial charge < -0.3 is 9.52 Å². The molecule has 6 heteroatoms. The summed E-state index contributed by atoms with van der Waals surface area (Å²) in [5.41, 5.74) is 1.09. The molecule has 0 spiro atoms. The van der Waals surface area contributed by atoms with E-state index >= 15 is 0 Å². The van der Waals surface area contributed by atoms with Crippen molar-refractivity contribution in [2.75, 3.05) is 0 Å². The fourth-order valence-corrected chi connectivity index (χ4v) is 3.16. The number of furan rings is 1. The van der Waals surface area contributed by atoms with Crippen LogP contribution in [-0.2, 0) is 6.42 Å². The van der Waals surface area contributed by atoms with E-state index in [1.807, 2.05) is 36.4 Å². The van der Waals surface area contributed by atoms with E-state index in [9.17, 15) is 14.7 Å². The SMILES string of the molecule is O=C(CCc1c(O)n(-c2ccccc2)n(-c2ccccc2)c1=O)c1ccco1. The maximum absolute atomic E-state index is 13.1. The Morgan fingerprint density at radius 2 is 1.46 bits per heavy atom. The van der Waals surface area contributed by atoms with Gasteiger partial charge in [-0.2, -0.15) is 0 Å². The molecule has 6 nitrogen and oxygen atoms in total. The molecular weight excluding hydrogens is 356 g/mol. The number of carbonyl (C=O) groups is 1. The molecule has 0 aliphatic heterocycles. The summed E-state index contributed by atoms with van der Waals surface area (Å²) in [5.74, 6) is -0.153. The Bertz CT molecular complexity index is 1140. The van der Waals surface area contributed by atoms with Crippen LogP contribution in [0.25, 0.3) is 11.4 Å². The van der Waals surface area contributed by atoms with Crippen LogP contribution < -0.4 is 5.56 Å². The number of benzene rings is 2. The van der Waals surface area contributed by atoms with Crippen molar-refractivity contribution in [3.63, 3.8) is 0 Å². The average molecular weight is 374 g/mol. The van der Waals surface area contributed by atoms with Crippen molar-refractivity contribution >= 4 is 5.78 Å². The summed E-state index contributed by atoms with van der Waals surface area (Å²) in [6, 6.07) is 21.4. The molecular formula is C22H18N2O4. The van der Waals surface area contributed by atoms with Crippen LogP contribution in [0.4, 0.5) is 0 Å². The van der Waals surface area contributed by atoms with E-state index in [4.69, 9.17) is 4.42 Å². The second-order valence-corrected chi connectivity index (χ2v) is 6.30. The molecule has 2 aromatic carbocycles. The van der Waals surface area contributed by atoms with E-state index in [2.05, 4.69) is 0 Å². The molecule has 2 heterocycles. The molecule has 0 fully saturated rings. The van der Waals surface area contributed by atoms with Gasteiger partial charge in [0, 0.05) is 6.42 Å². The van der Waals surface area contributed by atoms with Gasteiger partial charge in [0.05, 0.1) is 23.2 Å². The van der Waals surface area contributed by atoms with E-state index in [-0.39, 0.29) is 41.4 Å². The van der Waals surface area contributed by atoms with Gasteiger partial charge in [-0.15, -0.1) is 0 Å². The summed E-state index contributed by atoms with van der Waals surface area (Å²) in [7, 11) is 0. The summed E-state index contributed by atoms with van der Waals surface area (Å²) in [4.78, 5) is 25.4. The lowest BCUT2D eigenvalue weighted by Crippen LogP contribution is -2.22. The molecule has 0 aliphatic carbocycles. The van der Waals surface area contributed by atoms with Crippen LogP contribution in [0.3, 0.4) is 0 Å². The van der Waals surface area contributed by atoms with Gasteiger partial charge in [0.15, 0.2) is 11.5 Å². The first-order valence-electron chi connectivity index (χ1n) is 8.90. The summed E-state index contributed by atoms with van der Waals surface area (Å²) < 4.78 is 7.99. The van der Waals surface area contributed by atoms with Crippen LogP contribution in [0.1, 0.15) is 22.5 Å². The normalized spacial score (nSPS) is 10.9. The van der Waals surface area contributed by atoms with Crippen LogP contribution in [0.15, 0.2) is 88.3 Å². The molecule has 28 heavy (non-hydrogen) atoms. The highest BCUT2D eigenvalue weighted by molar-refractivity contribution is 5.93. The number of aromatic hydroxyl groups is 1. The highest BCUT2D eigenvalue weighted by Gasteiger charge is 2.22. The predicted octanol–water partition coefficient (Wildman–Crippen LogP) is 3.74. The molecule has 0 aliphatic rings. The summed E-state index contributed by atoms with van der Waals surface area (Å²) in [6.07, 6.45) is 1.60. The topological polar surface area (TPSA) is 77.4 Å². The minimum absolute atomic E-state index is 0.0594. The van der Waals surface area contributed by atoms with Gasteiger partial charge in [-0.05, 0) is 42.8 Å². The van der Waals surface area contributed by atoms with Gasteiger partial charge in [-0.25, -0.2) is 9.36 Å². The maximum atomic E-state index is 13.1. The molecule has 0 bridgehead atoms. The molecule has 1 N–H and O–H groups in total. The Morgan fingerprint density at radius 3 is 2.04 bits per heavy atom. The lowest BCUT2D eigenvalue weighted by Gasteiger charge is -2.12. The van der Waals surface area contributed by atoms with Crippen LogP contribution in [0.5, 0.6) is 5.88 Å². The monoisotopic (exact) mass is 374 g/mol. The van der Waals surface area contributed by atoms with Gasteiger partial charge in [0.1, 0.15) is 0 Å². The highest BCUT2D eigenvalue weighted by atomic mass is 16.3. The molecule has 0 saturated carbocycles. The van der Waals surface area contributed by atoms with Crippen molar-refractivity contribution in [3.05, 3.63) is 101 Å². The zero-order chi connectivity index (χ0) is 19.5. The van der Waals surface area contributed by atoms with Gasteiger partial charge in [-0.3, -0.25) is 9.59 Å². The van der Waals surface area contributed by atoms with Crippen molar-refractivity contribution < 1.29 is 14.3 Å².